The van der Waals surface area contributed by atoms with E-state index in [0.29, 0.717) is 12.0 Å². The highest BCUT2D eigenvalue weighted by Crippen LogP contribution is 2.30. The van der Waals surface area contributed by atoms with Crippen LogP contribution >= 0.6 is 0 Å². The van der Waals surface area contributed by atoms with Gasteiger partial charge in [-0.05, 0) is 56.0 Å². The molecule has 3 unspecified atom stereocenters. The summed E-state index contributed by atoms with van der Waals surface area (Å²) in [7, 11) is 0. The first-order chi connectivity index (χ1) is 9.88. The molecule has 2 aliphatic rings. The molecule has 3 heteroatoms. The molecule has 3 nitrogen and oxygen atoms in total. The number of nitrogens with one attached hydrogen (secondary N) is 1. The van der Waals surface area contributed by atoms with E-state index >= 15 is 0 Å². The van der Waals surface area contributed by atoms with E-state index in [0.717, 1.165) is 25.4 Å². The quantitative estimate of drug-likeness (QED) is 0.791. The van der Waals surface area contributed by atoms with Crippen molar-refractivity contribution in [3.8, 4) is 0 Å². The summed E-state index contributed by atoms with van der Waals surface area (Å²) in [5.74, 6) is 1.56. The summed E-state index contributed by atoms with van der Waals surface area (Å²) in [4.78, 5) is 2.56. The van der Waals surface area contributed by atoms with Crippen molar-refractivity contribution in [2.45, 2.75) is 71.9 Å². The second kappa shape index (κ2) is 7.43. The number of aliphatic hydroxyl groups excluding tert-OH is 1. The van der Waals surface area contributed by atoms with Gasteiger partial charge in [-0.15, -0.1) is 0 Å². The summed E-state index contributed by atoms with van der Waals surface area (Å²) in [6, 6.07) is 0.622. The Labute approximate surface area is 131 Å². The number of likely N-dealkylation sites (tertiary alicyclic amines) is 1. The fraction of sp³-hybridized carbons (Fsp3) is 1.00. The van der Waals surface area contributed by atoms with E-state index in [-0.39, 0.29) is 11.5 Å². The van der Waals surface area contributed by atoms with Crippen LogP contribution in [0.25, 0.3) is 0 Å². The van der Waals surface area contributed by atoms with Crippen molar-refractivity contribution >= 4 is 0 Å². The Morgan fingerprint density at radius 3 is 2.43 bits per heavy atom. The fourth-order valence-corrected chi connectivity index (χ4v) is 3.58. The molecule has 0 bridgehead atoms. The molecule has 2 N–H and O–H groups in total. The molecule has 1 heterocycles. The minimum atomic E-state index is -0.188. The lowest BCUT2D eigenvalue weighted by Crippen LogP contribution is -2.51. The number of hydrogen-bond donors (Lipinski definition) is 2. The van der Waals surface area contributed by atoms with Crippen molar-refractivity contribution in [3.63, 3.8) is 0 Å². The van der Waals surface area contributed by atoms with Gasteiger partial charge in [-0.2, -0.15) is 0 Å². The molecule has 0 aromatic heterocycles. The third-order valence-electron chi connectivity index (χ3n) is 5.54. The van der Waals surface area contributed by atoms with Gasteiger partial charge < -0.3 is 15.3 Å². The van der Waals surface area contributed by atoms with Gasteiger partial charge >= 0.3 is 0 Å². The molecule has 2 fully saturated rings. The van der Waals surface area contributed by atoms with E-state index in [1.807, 2.05) is 0 Å². The van der Waals surface area contributed by atoms with Crippen LogP contribution in [-0.4, -0.2) is 48.3 Å². The molecule has 1 aliphatic carbocycles. The summed E-state index contributed by atoms with van der Waals surface area (Å²) < 4.78 is 0. The van der Waals surface area contributed by atoms with Crippen LogP contribution in [0, 0.1) is 17.3 Å². The van der Waals surface area contributed by atoms with E-state index in [1.165, 1.54) is 38.8 Å². The highest BCUT2D eigenvalue weighted by atomic mass is 16.3. The maximum atomic E-state index is 10.4. The van der Waals surface area contributed by atoms with Crippen LogP contribution in [0.15, 0.2) is 0 Å². The van der Waals surface area contributed by atoms with Gasteiger partial charge in [0.15, 0.2) is 0 Å². The first kappa shape index (κ1) is 17.2. The van der Waals surface area contributed by atoms with Gasteiger partial charge in [0.25, 0.3) is 0 Å². The largest absolute Gasteiger partial charge is 0.393 e. The molecule has 1 aliphatic heterocycles. The zero-order chi connectivity index (χ0) is 15.5. The first-order valence-corrected chi connectivity index (χ1v) is 9.02. The minimum Gasteiger partial charge on any atom is -0.393 e. The second-order valence-electron chi connectivity index (χ2n) is 8.47. The number of aliphatic hydroxyl groups is 1. The van der Waals surface area contributed by atoms with E-state index in [1.54, 1.807) is 0 Å². The predicted octanol–water partition coefficient (Wildman–Crippen LogP) is 2.88. The third kappa shape index (κ3) is 5.22. The Morgan fingerprint density at radius 2 is 1.90 bits per heavy atom. The molecule has 3 atom stereocenters. The Bertz CT molecular complexity index is 309. The fourth-order valence-electron chi connectivity index (χ4n) is 3.58. The second-order valence-corrected chi connectivity index (χ2v) is 8.47. The van der Waals surface area contributed by atoms with E-state index in [4.69, 9.17) is 0 Å². The molecule has 1 saturated carbocycles. The highest BCUT2D eigenvalue weighted by molar-refractivity contribution is 4.87. The van der Waals surface area contributed by atoms with Crippen LogP contribution in [-0.2, 0) is 0 Å². The number of likely N-dealkylation sites (N-methyl/N-ethyl adjacent to an activating group) is 1. The van der Waals surface area contributed by atoms with E-state index in [2.05, 4.69) is 37.9 Å². The Kier molecular flexibility index (Phi) is 6.10. The number of nitrogens with zero attached hydrogens (tertiary/aromatic N) is 1. The van der Waals surface area contributed by atoms with Crippen LogP contribution in [0.2, 0.25) is 0 Å². The van der Waals surface area contributed by atoms with Gasteiger partial charge in [-0.25, -0.2) is 0 Å². The lowest BCUT2D eigenvalue weighted by molar-refractivity contribution is 0.0223. The smallest absolute Gasteiger partial charge is 0.0591 e. The van der Waals surface area contributed by atoms with Crippen LogP contribution < -0.4 is 5.32 Å². The van der Waals surface area contributed by atoms with Gasteiger partial charge in [0.1, 0.15) is 0 Å². The van der Waals surface area contributed by atoms with E-state index in [9.17, 15) is 5.11 Å². The van der Waals surface area contributed by atoms with Crippen molar-refractivity contribution in [1.82, 2.24) is 10.2 Å². The third-order valence-corrected chi connectivity index (χ3v) is 5.54. The maximum absolute atomic E-state index is 10.4. The summed E-state index contributed by atoms with van der Waals surface area (Å²) in [6.07, 6.45) is 6.26. The number of hydrogen-bond acceptors (Lipinski definition) is 3. The number of rotatable bonds is 6. The molecule has 2 rings (SSSR count). The van der Waals surface area contributed by atoms with Gasteiger partial charge in [0.05, 0.1) is 6.10 Å². The topological polar surface area (TPSA) is 35.5 Å². The lowest BCUT2D eigenvalue weighted by Gasteiger charge is -2.40. The van der Waals surface area contributed by atoms with Gasteiger partial charge in [0, 0.05) is 19.1 Å². The maximum Gasteiger partial charge on any atom is 0.0591 e. The van der Waals surface area contributed by atoms with Gasteiger partial charge in [0.2, 0.25) is 0 Å². The molecule has 21 heavy (non-hydrogen) atoms. The van der Waals surface area contributed by atoms with Crippen LogP contribution in [0.1, 0.15) is 59.8 Å². The highest BCUT2D eigenvalue weighted by Gasteiger charge is 2.31. The van der Waals surface area contributed by atoms with Crippen molar-refractivity contribution in [1.29, 1.82) is 0 Å². The predicted molar refractivity (Wildman–Crippen MR) is 89.4 cm³/mol. The Balaban J connectivity index is 1.82. The molecular weight excluding hydrogens is 260 g/mol. The zero-order valence-corrected chi connectivity index (χ0v) is 14.6. The molecule has 0 aromatic rings. The summed E-state index contributed by atoms with van der Waals surface area (Å²) in [6.45, 7) is 13.4. The Hall–Kier alpha value is -0.120. The lowest BCUT2D eigenvalue weighted by atomic mass is 9.80. The minimum absolute atomic E-state index is 0.00332. The molecule has 0 aromatic carbocycles. The van der Waals surface area contributed by atoms with Crippen molar-refractivity contribution in [2.24, 2.45) is 17.3 Å². The molecule has 1 saturated heterocycles. The Morgan fingerprint density at radius 1 is 1.19 bits per heavy atom. The molecule has 0 amide bonds. The molecule has 124 valence electrons. The monoisotopic (exact) mass is 296 g/mol. The SMILES string of the molecule is CCN1CC(CC(O)C(C)(C)C)CC(NCC2CCC2)C1. The molecular formula is C18H36N2O. The van der Waals surface area contributed by atoms with Gasteiger partial charge in [-0.1, -0.05) is 34.1 Å². The van der Waals surface area contributed by atoms with Gasteiger partial charge in [-0.3, -0.25) is 0 Å². The normalized spacial score (nSPS) is 30.1. The summed E-state index contributed by atoms with van der Waals surface area (Å²) in [5.41, 5.74) is 0.00332. The number of piperidine rings is 1. The van der Waals surface area contributed by atoms with Crippen LogP contribution in [0.4, 0.5) is 0 Å². The summed E-state index contributed by atoms with van der Waals surface area (Å²) in [5, 5.41) is 14.2. The van der Waals surface area contributed by atoms with E-state index < -0.39 is 0 Å². The van der Waals surface area contributed by atoms with Crippen molar-refractivity contribution in [2.75, 3.05) is 26.2 Å². The van der Waals surface area contributed by atoms with Crippen LogP contribution in [0.5, 0.6) is 0 Å². The first-order valence-electron chi connectivity index (χ1n) is 9.02. The molecule has 0 spiro atoms. The summed E-state index contributed by atoms with van der Waals surface area (Å²) >= 11 is 0. The molecule has 0 radical (unpaired) electrons. The zero-order valence-electron chi connectivity index (χ0n) is 14.6. The van der Waals surface area contributed by atoms with Crippen molar-refractivity contribution in [3.05, 3.63) is 0 Å². The standard InChI is InChI=1S/C18H36N2O/c1-5-20-12-15(10-17(21)18(2,3)4)9-16(13-20)19-11-14-7-6-8-14/h14-17,19,21H,5-13H2,1-4H3. The average molecular weight is 296 g/mol. The van der Waals surface area contributed by atoms with Crippen molar-refractivity contribution < 1.29 is 5.11 Å². The van der Waals surface area contributed by atoms with Crippen LogP contribution in [0.3, 0.4) is 0 Å². The average Bonchev–Trinajstić information content (AvgIpc) is 2.35.